The minimum atomic E-state index is 0.674. The highest BCUT2D eigenvalue weighted by molar-refractivity contribution is 6.17. The van der Waals surface area contributed by atoms with Crippen molar-refractivity contribution >= 4 is 17.7 Å². The SMILES string of the molecule is CCOc1ccc(/C=C/CCCl)cc1. The summed E-state index contributed by atoms with van der Waals surface area (Å²) in [6, 6.07) is 8.03. The number of ether oxygens (including phenoxy) is 1. The van der Waals surface area contributed by atoms with Crippen LogP contribution in [0.3, 0.4) is 0 Å². The Kier molecular flexibility index (Phi) is 5.16. The summed E-state index contributed by atoms with van der Waals surface area (Å²) in [5, 5.41) is 0. The number of hydrogen-bond donors (Lipinski definition) is 0. The van der Waals surface area contributed by atoms with Crippen LogP contribution in [0.4, 0.5) is 0 Å². The van der Waals surface area contributed by atoms with Gasteiger partial charge in [-0.3, -0.25) is 0 Å². The van der Waals surface area contributed by atoms with Crippen LogP contribution in [0.25, 0.3) is 6.08 Å². The number of benzene rings is 1. The summed E-state index contributed by atoms with van der Waals surface area (Å²) in [6.07, 6.45) is 5.05. The molecule has 1 aromatic carbocycles. The van der Waals surface area contributed by atoms with Gasteiger partial charge < -0.3 is 4.74 Å². The fourth-order valence-electron chi connectivity index (χ4n) is 1.12. The molecule has 0 unspecified atom stereocenters. The van der Waals surface area contributed by atoms with E-state index in [-0.39, 0.29) is 0 Å². The molecule has 0 aliphatic carbocycles. The average Bonchev–Trinajstić information content (AvgIpc) is 2.21. The largest absolute Gasteiger partial charge is 0.494 e. The van der Waals surface area contributed by atoms with Crippen molar-refractivity contribution in [1.82, 2.24) is 0 Å². The van der Waals surface area contributed by atoms with Gasteiger partial charge in [-0.05, 0) is 31.0 Å². The molecule has 0 heterocycles. The van der Waals surface area contributed by atoms with Gasteiger partial charge in [-0.2, -0.15) is 0 Å². The number of halogens is 1. The van der Waals surface area contributed by atoms with Crippen LogP contribution in [0.2, 0.25) is 0 Å². The third kappa shape index (κ3) is 3.84. The maximum atomic E-state index is 5.56. The molecular formula is C12H15ClO. The topological polar surface area (TPSA) is 9.23 Å². The van der Waals surface area contributed by atoms with Gasteiger partial charge in [0.2, 0.25) is 0 Å². The lowest BCUT2D eigenvalue weighted by Gasteiger charge is -2.01. The molecule has 0 aromatic heterocycles. The van der Waals surface area contributed by atoms with Crippen molar-refractivity contribution in [3.05, 3.63) is 35.9 Å². The number of allylic oxidation sites excluding steroid dienone is 1. The maximum Gasteiger partial charge on any atom is 0.119 e. The summed E-state index contributed by atoms with van der Waals surface area (Å²) in [5.74, 6) is 1.59. The van der Waals surface area contributed by atoms with E-state index in [1.54, 1.807) is 0 Å². The molecule has 0 spiro atoms. The summed E-state index contributed by atoms with van der Waals surface area (Å²) >= 11 is 5.56. The molecule has 0 amide bonds. The Morgan fingerprint density at radius 3 is 2.57 bits per heavy atom. The van der Waals surface area contributed by atoms with Gasteiger partial charge in [-0.1, -0.05) is 24.3 Å². The van der Waals surface area contributed by atoms with Crippen molar-refractivity contribution in [1.29, 1.82) is 0 Å². The Bertz CT molecular complexity index is 277. The van der Waals surface area contributed by atoms with Crippen molar-refractivity contribution in [3.63, 3.8) is 0 Å². The van der Waals surface area contributed by atoms with E-state index < -0.39 is 0 Å². The van der Waals surface area contributed by atoms with E-state index >= 15 is 0 Å². The molecule has 0 atom stereocenters. The molecule has 0 N–H and O–H groups in total. The number of rotatable bonds is 5. The van der Waals surface area contributed by atoms with Crippen LogP contribution in [-0.2, 0) is 0 Å². The van der Waals surface area contributed by atoms with Crippen molar-refractivity contribution in [2.45, 2.75) is 13.3 Å². The monoisotopic (exact) mass is 210 g/mol. The molecular weight excluding hydrogens is 196 g/mol. The van der Waals surface area contributed by atoms with E-state index in [4.69, 9.17) is 16.3 Å². The Hall–Kier alpha value is -0.950. The third-order valence-corrected chi connectivity index (χ3v) is 2.00. The van der Waals surface area contributed by atoms with Gasteiger partial charge in [0, 0.05) is 5.88 Å². The van der Waals surface area contributed by atoms with Gasteiger partial charge in [0.15, 0.2) is 0 Å². The molecule has 0 aliphatic heterocycles. The van der Waals surface area contributed by atoms with E-state index in [2.05, 4.69) is 12.2 Å². The lowest BCUT2D eigenvalue weighted by atomic mass is 10.2. The molecule has 14 heavy (non-hydrogen) atoms. The third-order valence-electron chi connectivity index (χ3n) is 1.78. The first-order chi connectivity index (χ1) is 6.86. The first kappa shape index (κ1) is 11.1. The zero-order chi connectivity index (χ0) is 10.2. The molecule has 2 heteroatoms. The molecule has 76 valence electrons. The Labute approximate surface area is 90.3 Å². The van der Waals surface area contributed by atoms with Crippen LogP contribution >= 0.6 is 11.6 Å². The molecule has 0 radical (unpaired) electrons. The van der Waals surface area contributed by atoms with E-state index in [0.29, 0.717) is 12.5 Å². The first-order valence-electron chi connectivity index (χ1n) is 4.82. The van der Waals surface area contributed by atoms with Crippen molar-refractivity contribution in [2.24, 2.45) is 0 Å². The minimum absolute atomic E-state index is 0.674. The predicted molar refractivity (Wildman–Crippen MR) is 62.0 cm³/mol. The summed E-state index contributed by atoms with van der Waals surface area (Å²) < 4.78 is 5.34. The van der Waals surface area contributed by atoms with Crippen molar-refractivity contribution in [2.75, 3.05) is 12.5 Å². The second-order valence-electron chi connectivity index (χ2n) is 2.88. The van der Waals surface area contributed by atoms with Gasteiger partial charge in [-0.15, -0.1) is 11.6 Å². The van der Waals surface area contributed by atoms with E-state index in [1.165, 1.54) is 5.56 Å². The van der Waals surface area contributed by atoms with E-state index in [9.17, 15) is 0 Å². The summed E-state index contributed by atoms with van der Waals surface area (Å²) in [4.78, 5) is 0. The van der Waals surface area contributed by atoms with Crippen molar-refractivity contribution in [3.8, 4) is 5.75 Å². The quantitative estimate of drug-likeness (QED) is 0.673. The lowest BCUT2D eigenvalue weighted by Crippen LogP contribution is -1.90. The summed E-state index contributed by atoms with van der Waals surface area (Å²) in [5.41, 5.74) is 1.18. The lowest BCUT2D eigenvalue weighted by molar-refractivity contribution is 0.340. The minimum Gasteiger partial charge on any atom is -0.494 e. The molecule has 0 saturated carbocycles. The first-order valence-corrected chi connectivity index (χ1v) is 5.35. The molecule has 1 aromatic rings. The van der Waals surface area contributed by atoms with Gasteiger partial charge in [0.05, 0.1) is 6.61 Å². The summed E-state index contributed by atoms with van der Waals surface area (Å²) in [6.45, 7) is 2.69. The van der Waals surface area contributed by atoms with Crippen molar-refractivity contribution < 1.29 is 4.74 Å². The molecule has 0 aliphatic rings. The zero-order valence-corrected chi connectivity index (χ0v) is 9.13. The van der Waals surface area contributed by atoms with Crippen LogP contribution in [-0.4, -0.2) is 12.5 Å². The average molecular weight is 211 g/mol. The van der Waals surface area contributed by atoms with Gasteiger partial charge in [0.1, 0.15) is 5.75 Å². The van der Waals surface area contributed by atoms with Crippen LogP contribution in [0.15, 0.2) is 30.3 Å². The second-order valence-corrected chi connectivity index (χ2v) is 3.26. The van der Waals surface area contributed by atoms with Crippen LogP contribution in [0.1, 0.15) is 18.9 Å². The van der Waals surface area contributed by atoms with Gasteiger partial charge in [0.25, 0.3) is 0 Å². The fraction of sp³-hybridized carbons (Fsp3) is 0.333. The highest BCUT2D eigenvalue weighted by Crippen LogP contribution is 2.13. The fourth-order valence-corrected chi connectivity index (χ4v) is 1.25. The maximum absolute atomic E-state index is 5.56. The second kappa shape index (κ2) is 6.50. The zero-order valence-electron chi connectivity index (χ0n) is 8.37. The standard InChI is InChI=1S/C12H15ClO/c1-2-14-12-8-6-11(7-9-12)5-3-4-10-13/h3,5-9H,2,4,10H2,1H3/b5-3+. The normalized spacial score (nSPS) is 10.7. The van der Waals surface area contributed by atoms with Gasteiger partial charge in [-0.25, -0.2) is 0 Å². The number of hydrogen-bond acceptors (Lipinski definition) is 1. The van der Waals surface area contributed by atoms with Crippen LogP contribution < -0.4 is 4.74 Å². The Balaban J connectivity index is 2.54. The Morgan fingerprint density at radius 2 is 2.00 bits per heavy atom. The van der Waals surface area contributed by atoms with Crippen LogP contribution in [0, 0.1) is 0 Å². The Morgan fingerprint density at radius 1 is 1.29 bits per heavy atom. The van der Waals surface area contributed by atoms with Gasteiger partial charge >= 0.3 is 0 Å². The van der Waals surface area contributed by atoms with Crippen LogP contribution in [0.5, 0.6) is 5.75 Å². The van der Waals surface area contributed by atoms with E-state index in [1.807, 2.05) is 31.2 Å². The predicted octanol–water partition coefficient (Wildman–Crippen LogP) is 3.73. The molecule has 1 nitrogen and oxygen atoms in total. The number of alkyl halides is 1. The molecule has 0 saturated heterocycles. The summed E-state index contributed by atoms with van der Waals surface area (Å²) in [7, 11) is 0. The molecule has 0 fully saturated rings. The van der Waals surface area contributed by atoms with E-state index in [0.717, 1.165) is 12.2 Å². The molecule has 0 bridgehead atoms. The molecule has 1 rings (SSSR count). The highest BCUT2D eigenvalue weighted by atomic mass is 35.5. The smallest absolute Gasteiger partial charge is 0.119 e. The highest BCUT2D eigenvalue weighted by Gasteiger charge is 1.90.